The van der Waals surface area contributed by atoms with E-state index in [1.807, 2.05) is 13.8 Å². The molecule has 0 saturated heterocycles. The molecule has 0 amide bonds. The molecule has 0 rings (SSSR count). The molecule has 0 aliphatic heterocycles. The Hall–Kier alpha value is -0.570. The molecule has 3 heteroatoms. The number of aliphatic hydroxyl groups is 1. The molecule has 0 aromatic carbocycles. The van der Waals surface area contributed by atoms with Gasteiger partial charge in [-0.1, -0.05) is 20.3 Å². The highest BCUT2D eigenvalue weighted by molar-refractivity contribution is 5.75. The third-order valence-corrected chi connectivity index (χ3v) is 2.76. The molecule has 0 heterocycles. The quantitative estimate of drug-likeness (QED) is 0.500. The van der Waals surface area contributed by atoms with E-state index in [0.717, 1.165) is 32.1 Å². The average Bonchev–Trinajstić information content (AvgIpc) is 2.21. The SMILES string of the molecule is CC(C)CC(C)(C)C(=O)OCCCCCCO. The van der Waals surface area contributed by atoms with Crippen LogP contribution in [0.25, 0.3) is 0 Å². The zero-order valence-corrected chi connectivity index (χ0v) is 11.8. The van der Waals surface area contributed by atoms with Crippen LogP contribution in [0.1, 0.15) is 59.8 Å². The van der Waals surface area contributed by atoms with Gasteiger partial charge in [-0.25, -0.2) is 0 Å². The first-order valence-corrected chi connectivity index (χ1v) is 6.68. The standard InChI is InChI=1S/C14H28O3/c1-12(2)11-14(3,4)13(16)17-10-8-6-5-7-9-15/h12,15H,5-11H2,1-4H3. The third-order valence-electron chi connectivity index (χ3n) is 2.76. The van der Waals surface area contributed by atoms with Crippen LogP contribution in [0.2, 0.25) is 0 Å². The summed E-state index contributed by atoms with van der Waals surface area (Å²) in [4.78, 5) is 11.8. The van der Waals surface area contributed by atoms with Crippen LogP contribution in [-0.4, -0.2) is 24.3 Å². The first-order valence-electron chi connectivity index (χ1n) is 6.68. The Labute approximate surface area is 106 Å². The van der Waals surface area contributed by atoms with Crippen molar-refractivity contribution in [2.24, 2.45) is 11.3 Å². The Morgan fingerprint density at radius 3 is 2.29 bits per heavy atom. The second-order valence-corrected chi connectivity index (χ2v) is 5.76. The first-order chi connectivity index (χ1) is 7.90. The van der Waals surface area contributed by atoms with E-state index >= 15 is 0 Å². The summed E-state index contributed by atoms with van der Waals surface area (Å²) in [5.74, 6) is 0.412. The number of carbonyl (C=O) groups is 1. The van der Waals surface area contributed by atoms with Gasteiger partial charge in [0.2, 0.25) is 0 Å². The Morgan fingerprint density at radius 2 is 1.76 bits per heavy atom. The number of rotatable bonds is 9. The molecule has 0 unspecified atom stereocenters. The highest BCUT2D eigenvalue weighted by Gasteiger charge is 2.29. The van der Waals surface area contributed by atoms with Crippen molar-refractivity contribution in [3.63, 3.8) is 0 Å². The van der Waals surface area contributed by atoms with E-state index in [1.54, 1.807) is 0 Å². The number of ether oxygens (including phenoxy) is 1. The summed E-state index contributed by atoms with van der Waals surface area (Å²) in [5.41, 5.74) is -0.376. The lowest BCUT2D eigenvalue weighted by Crippen LogP contribution is -2.28. The summed E-state index contributed by atoms with van der Waals surface area (Å²) in [5, 5.41) is 8.62. The molecule has 102 valence electrons. The summed E-state index contributed by atoms with van der Waals surface area (Å²) in [6, 6.07) is 0. The van der Waals surface area contributed by atoms with Gasteiger partial charge in [-0.3, -0.25) is 4.79 Å². The number of unbranched alkanes of at least 4 members (excludes halogenated alkanes) is 3. The van der Waals surface area contributed by atoms with Crippen molar-refractivity contribution in [1.82, 2.24) is 0 Å². The maximum atomic E-state index is 11.8. The summed E-state index contributed by atoms with van der Waals surface area (Å²) in [6.07, 6.45) is 4.61. The van der Waals surface area contributed by atoms with Gasteiger partial charge < -0.3 is 9.84 Å². The van der Waals surface area contributed by atoms with Gasteiger partial charge in [0.1, 0.15) is 0 Å². The lowest BCUT2D eigenvalue weighted by Gasteiger charge is -2.24. The molecule has 0 atom stereocenters. The largest absolute Gasteiger partial charge is 0.465 e. The van der Waals surface area contributed by atoms with E-state index in [4.69, 9.17) is 9.84 Å². The van der Waals surface area contributed by atoms with E-state index in [-0.39, 0.29) is 18.0 Å². The number of aliphatic hydroxyl groups excluding tert-OH is 1. The number of hydrogen-bond donors (Lipinski definition) is 1. The predicted molar refractivity (Wildman–Crippen MR) is 69.7 cm³/mol. The predicted octanol–water partition coefficient (Wildman–Crippen LogP) is 3.15. The molecule has 3 nitrogen and oxygen atoms in total. The normalized spacial score (nSPS) is 11.9. The van der Waals surface area contributed by atoms with Crippen molar-refractivity contribution >= 4 is 5.97 Å². The molecule has 0 spiro atoms. The Bertz CT molecular complexity index is 210. The fraction of sp³-hybridized carbons (Fsp3) is 0.929. The van der Waals surface area contributed by atoms with E-state index in [9.17, 15) is 4.79 Å². The van der Waals surface area contributed by atoms with Crippen LogP contribution < -0.4 is 0 Å². The van der Waals surface area contributed by atoms with Crippen LogP contribution in [0, 0.1) is 11.3 Å². The van der Waals surface area contributed by atoms with Gasteiger partial charge >= 0.3 is 5.97 Å². The molecule has 0 aromatic rings. The zero-order valence-electron chi connectivity index (χ0n) is 11.8. The van der Waals surface area contributed by atoms with Crippen LogP contribution in [0.15, 0.2) is 0 Å². The molecule has 0 aliphatic carbocycles. The van der Waals surface area contributed by atoms with Gasteiger partial charge in [0.15, 0.2) is 0 Å². The first kappa shape index (κ1) is 16.4. The smallest absolute Gasteiger partial charge is 0.311 e. The summed E-state index contributed by atoms with van der Waals surface area (Å²) < 4.78 is 5.29. The van der Waals surface area contributed by atoms with Crippen molar-refractivity contribution in [2.75, 3.05) is 13.2 Å². The number of hydrogen-bond acceptors (Lipinski definition) is 3. The maximum absolute atomic E-state index is 11.8. The van der Waals surface area contributed by atoms with Gasteiger partial charge in [0, 0.05) is 6.61 Å². The maximum Gasteiger partial charge on any atom is 0.311 e. The van der Waals surface area contributed by atoms with Gasteiger partial charge in [0.25, 0.3) is 0 Å². The van der Waals surface area contributed by atoms with E-state index in [0.29, 0.717) is 12.5 Å². The molecule has 0 aromatic heterocycles. The highest BCUT2D eigenvalue weighted by atomic mass is 16.5. The zero-order chi connectivity index (χ0) is 13.3. The van der Waals surface area contributed by atoms with Crippen molar-refractivity contribution in [3.05, 3.63) is 0 Å². The van der Waals surface area contributed by atoms with Gasteiger partial charge in [0.05, 0.1) is 12.0 Å². The van der Waals surface area contributed by atoms with Crippen LogP contribution in [0.5, 0.6) is 0 Å². The van der Waals surface area contributed by atoms with Crippen molar-refractivity contribution < 1.29 is 14.6 Å². The summed E-state index contributed by atoms with van der Waals surface area (Å²) in [7, 11) is 0. The molecule has 17 heavy (non-hydrogen) atoms. The van der Waals surface area contributed by atoms with E-state index in [1.165, 1.54) is 0 Å². The number of carbonyl (C=O) groups excluding carboxylic acids is 1. The minimum absolute atomic E-state index is 0.0895. The fourth-order valence-electron chi connectivity index (χ4n) is 2.03. The number of esters is 1. The Morgan fingerprint density at radius 1 is 1.18 bits per heavy atom. The van der Waals surface area contributed by atoms with Gasteiger partial charge in [-0.2, -0.15) is 0 Å². The Kier molecular flexibility index (Phi) is 8.23. The second-order valence-electron chi connectivity index (χ2n) is 5.76. The third kappa shape index (κ3) is 8.19. The lowest BCUT2D eigenvalue weighted by molar-refractivity contribution is -0.155. The lowest BCUT2D eigenvalue weighted by atomic mass is 9.84. The van der Waals surface area contributed by atoms with Crippen LogP contribution >= 0.6 is 0 Å². The fourth-order valence-corrected chi connectivity index (χ4v) is 2.03. The topological polar surface area (TPSA) is 46.5 Å². The molecule has 0 fully saturated rings. The van der Waals surface area contributed by atoms with Crippen molar-refractivity contribution in [2.45, 2.75) is 59.8 Å². The molecule has 1 N–H and O–H groups in total. The van der Waals surface area contributed by atoms with Crippen LogP contribution in [0.4, 0.5) is 0 Å². The van der Waals surface area contributed by atoms with Crippen molar-refractivity contribution in [3.8, 4) is 0 Å². The van der Waals surface area contributed by atoms with E-state index < -0.39 is 0 Å². The van der Waals surface area contributed by atoms with Gasteiger partial charge in [-0.05, 0) is 45.4 Å². The highest BCUT2D eigenvalue weighted by Crippen LogP contribution is 2.26. The summed E-state index contributed by atoms with van der Waals surface area (Å²) >= 11 is 0. The molecule has 0 bridgehead atoms. The minimum atomic E-state index is -0.376. The molecule has 0 radical (unpaired) electrons. The minimum Gasteiger partial charge on any atom is -0.465 e. The summed E-state index contributed by atoms with van der Waals surface area (Å²) in [6.45, 7) is 8.88. The Balaban J connectivity index is 3.70. The van der Waals surface area contributed by atoms with Gasteiger partial charge in [-0.15, -0.1) is 0 Å². The van der Waals surface area contributed by atoms with Crippen molar-refractivity contribution in [1.29, 1.82) is 0 Å². The average molecular weight is 244 g/mol. The van der Waals surface area contributed by atoms with E-state index in [2.05, 4.69) is 13.8 Å². The van der Waals surface area contributed by atoms with Crippen LogP contribution in [-0.2, 0) is 9.53 Å². The van der Waals surface area contributed by atoms with Crippen LogP contribution in [0.3, 0.4) is 0 Å². The molecule has 0 saturated carbocycles. The second kappa shape index (κ2) is 8.51. The molecular weight excluding hydrogens is 216 g/mol. The molecule has 0 aliphatic rings. The molecular formula is C14H28O3. The monoisotopic (exact) mass is 244 g/mol.